The molecule has 0 aliphatic carbocycles. The number of hydrogen-bond acceptors (Lipinski definition) is 3. The second-order valence-corrected chi connectivity index (χ2v) is 5.93. The summed E-state index contributed by atoms with van der Waals surface area (Å²) < 4.78 is 0. The first-order valence-corrected chi connectivity index (χ1v) is 6.78. The fraction of sp³-hybridized carbons (Fsp3) is 0.250. The van der Waals surface area contributed by atoms with Crippen LogP contribution in [0.25, 0.3) is 11.3 Å². The zero-order chi connectivity index (χ0) is 12.6. The van der Waals surface area contributed by atoms with E-state index in [1.165, 1.54) is 16.2 Å². The largest absolute Gasteiger partial charge is 0.375 e. The van der Waals surface area contributed by atoms with Crippen molar-refractivity contribution in [3.63, 3.8) is 0 Å². The Bertz CT molecular complexity index is 549. The Morgan fingerprint density at radius 3 is 2.53 bits per heavy atom. The number of aromatic nitrogens is 1. The maximum absolute atomic E-state index is 6.01. The Balaban J connectivity index is 2.55. The number of benzene rings is 1. The highest BCUT2D eigenvalue weighted by molar-refractivity contribution is 7.15. The molecule has 1 aromatic carbocycles. The molecule has 0 radical (unpaired) electrons. The maximum atomic E-state index is 6.01. The quantitative estimate of drug-likeness (QED) is 0.859. The Kier molecular flexibility index (Phi) is 3.61. The van der Waals surface area contributed by atoms with Crippen LogP contribution >= 0.6 is 34.5 Å². The van der Waals surface area contributed by atoms with Crippen LogP contribution in [-0.2, 0) is 0 Å². The molecule has 0 unspecified atom stereocenters. The number of nitrogens with zero attached hydrogens (tertiary/aromatic N) is 1. The van der Waals surface area contributed by atoms with Crippen molar-refractivity contribution in [1.82, 2.24) is 4.98 Å². The summed E-state index contributed by atoms with van der Waals surface area (Å²) in [5.74, 6) is 0.384. The van der Waals surface area contributed by atoms with E-state index in [0.29, 0.717) is 21.1 Å². The minimum Gasteiger partial charge on any atom is -0.375 e. The van der Waals surface area contributed by atoms with Gasteiger partial charge in [-0.1, -0.05) is 43.1 Å². The lowest BCUT2D eigenvalue weighted by Crippen LogP contribution is -1.88. The van der Waals surface area contributed by atoms with E-state index < -0.39 is 0 Å². The first-order chi connectivity index (χ1) is 7.99. The molecule has 1 heterocycles. The van der Waals surface area contributed by atoms with Gasteiger partial charge in [0.05, 0.1) is 15.7 Å². The smallest absolute Gasteiger partial charge is 0.180 e. The van der Waals surface area contributed by atoms with Gasteiger partial charge in [0.1, 0.15) is 0 Å². The number of anilines is 1. The molecule has 1 aromatic heterocycles. The van der Waals surface area contributed by atoms with E-state index in [0.717, 1.165) is 11.3 Å². The van der Waals surface area contributed by atoms with Crippen LogP contribution in [0.5, 0.6) is 0 Å². The van der Waals surface area contributed by atoms with Crippen molar-refractivity contribution < 1.29 is 0 Å². The maximum Gasteiger partial charge on any atom is 0.180 e. The highest BCUT2D eigenvalue weighted by Crippen LogP contribution is 2.36. The molecular weight excluding hydrogens is 275 g/mol. The van der Waals surface area contributed by atoms with Crippen LogP contribution in [0.15, 0.2) is 18.2 Å². The lowest BCUT2D eigenvalue weighted by molar-refractivity contribution is 0.888. The molecule has 0 bridgehead atoms. The molecule has 0 saturated carbocycles. The van der Waals surface area contributed by atoms with E-state index in [1.807, 2.05) is 12.1 Å². The molecule has 5 heteroatoms. The van der Waals surface area contributed by atoms with Crippen molar-refractivity contribution in [3.05, 3.63) is 33.1 Å². The summed E-state index contributed by atoms with van der Waals surface area (Å²) in [5, 5.41) is 1.66. The van der Waals surface area contributed by atoms with Gasteiger partial charge in [0, 0.05) is 10.4 Å². The Morgan fingerprint density at radius 1 is 1.24 bits per heavy atom. The van der Waals surface area contributed by atoms with Gasteiger partial charge >= 0.3 is 0 Å². The number of halogens is 2. The molecular formula is C12H12Cl2N2S. The van der Waals surface area contributed by atoms with Gasteiger partial charge in [-0.15, -0.1) is 11.3 Å². The first kappa shape index (κ1) is 12.7. The van der Waals surface area contributed by atoms with Crippen molar-refractivity contribution in [2.45, 2.75) is 19.8 Å². The highest BCUT2D eigenvalue weighted by atomic mass is 35.5. The second kappa shape index (κ2) is 4.84. The van der Waals surface area contributed by atoms with Gasteiger partial charge < -0.3 is 5.73 Å². The van der Waals surface area contributed by atoms with Gasteiger partial charge in [-0.3, -0.25) is 0 Å². The van der Waals surface area contributed by atoms with Gasteiger partial charge in [-0.25, -0.2) is 4.98 Å². The molecule has 2 nitrogen and oxygen atoms in total. The lowest BCUT2D eigenvalue weighted by Gasteiger charge is -2.06. The molecule has 0 aliphatic rings. The molecule has 2 rings (SSSR count). The third-order valence-corrected chi connectivity index (χ3v) is 4.31. The third kappa shape index (κ3) is 2.57. The van der Waals surface area contributed by atoms with Crippen molar-refractivity contribution in [2.24, 2.45) is 0 Å². The van der Waals surface area contributed by atoms with E-state index in [4.69, 9.17) is 28.9 Å². The van der Waals surface area contributed by atoms with E-state index in [2.05, 4.69) is 18.8 Å². The summed E-state index contributed by atoms with van der Waals surface area (Å²) in [6.45, 7) is 4.24. The average Bonchev–Trinajstić information content (AvgIpc) is 2.64. The fourth-order valence-corrected chi connectivity index (χ4v) is 2.75. The molecule has 0 amide bonds. The minimum atomic E-state index is 0.384. The SMILES string of the molecule is CC(C)c1sc(N)nc1-c1ccc(Cl)c(Cl)c1. The van der Waals surface area contributed by atoms with E-state index in [9.17, 15) is 0 Å². The lowest BCUT2D eigenvalue weighted by atomic mass is 10.1. The molecule has 0 atom stereocenters. The normalized spacial score (nSPS) is 11.1. The number of thiazole rings is 1. The minimum absolute atomic E-state index is 0.384. The van der Waals surface area contributed by atoms with Crippen LogP contribution < -0.4 is 5.73 Å². The number of nitrogens with two attached hydrogens (primary N) is 1. The topological polar surface area (TPSA) is 38.9 Å². The zero-order valence-corrected chi connectivity index (χ0v) is 11.8. The average molecular weight is 287 g/mol. The van der Waals surface area contributed by atoms with E-state index >= 15 is 0 Å². The zero-order valence-electron chi connectivity index (χ0n) is 9.50. The van der Waals surface area contributed by atoms with Crippen molar-refractivity contribution >= 4 is 39.7 Å². The Labute approximate surface area is 114 Å². The van der Waals surface area contributed by atoms with Crippen molar-refractivity contribution in [3.8, 4) is 11.3 Å². The predicted octanol–water partition coefficient (Wildman–Crippen LogP) is 4.82. The molecule has 0 spiro atoms. The molecule has 2 aromatic rings. The Morgan fingerprint density at radius 2 is 1.94 bits per heavy atom. The van der Waals surface area contributed by atoms with Crippen LogP contribution in [0, 0.1) is 0 Å². The molecule has 90 valence electrons. The fourth-order valence-electron chi connectivity index (χ4n) is 1.59. The number of nitrogen functional groups attached to an aromatic ring is 1. The summed E-state index contributed by atoms with van der Waals surface area (Å²) >= 11 is 13.4. The van der Waals surface area contributed by atoms with Gasteiger partial charge in [-0.2, -0.15) is 0 Å². The standard InChI is InChI=1S/C12H12Cl2N2S/c1-6(2)11-10(16-12(15)17-11)7-3-4-8(13)9(14)5-7/h3-6H,1-2H3,(H2,15,16). The number of rotatable bonds is 2. The molecule has 0 fully saturated rings. The van der Waals surface area contributed by atoms with Gasteiger partial charge in [0.2, 0.25) is 0 Å². The first-order valence-electron chi connectivity index (χ1n) is 5.20. The molecule has 0 saturated heterocycles. The third-order valence-electron chi connectivity index (χ3n) is 2.39. The van der Waals surface area contributed by atoms with Crippen molar-refractivity contribution in [1.29, 1.82) is 0 Å². The van der Waals surface area contributed by atoms with Crippen LogP contribution in [0.1, 0.15) is 24.6 Å². The van der Waals surface area contributed by atoms with Gasteiger partial charge in [0.15, 0.2) is 5.13 Å². The highest BCUT2D eigenvalue weighted by Gasteiger charge is 2.15. The van der Waals surface area contributed by atoms with E-state index in [-0.39, 0.29) is 0 Å². The van der Waals surface area contributed by atoms with Crippen LogP contribution in [-0.4, -0.2) is 4.98 Å². The summed E-state index contributed by atoms with van der Waals surface area (Å²) in [6.07, 6.45) is 0. The van der Waals surface area contributed by atoms with Gasteiger partial charge in [-0.05, 0) is 18.1 Å². The van der Waals surface area contributed by atoms with Crippen LogP contribution in [0.3, 0.4) is 0 Å². The summed E-state index contributed by atoms with van der Waals surface area (Å²) in [6, 6.07) is 5.51. The van der Waals surface area contributed by atoms with E-state index in [1.54, 1.807) is 6.07 Å². The molecule has 17 heavy (non-hydrogen) atoms. The summed E-state index contributed by atoms with van der Waals surface area (Å²) in [7, 11) is 0. The van der Waals surface area contributed by atoms with Crippen LogP contribution in [0.2, 0.25) is 10.0 Å². The van der Waals surface area contributed by atoms with Crippen molar-refractivity contribution in [2.75, 3.05) is 5.73 Å². The summed E-state index contributed by atoms with van der Waals surface area (Å²) in [5.41, 5.74) is 7.63. The molecule has 2 N–H and O–H groups in total. The van der Waals surface area contributed by atoms with Crippen LogP contribution in [0.4, 0.5) is 5.13 Å². The van der Waals surface area contributed by atoms with Gasteiger partial charge in [0.25, 0.3) is 0 Å². The Hall–Kier alpha value is -0.770. The monoisotopic (exact) mass is 286 g/mol. The second-order valence-electron chi connectivity index (χ2n) is 4.05. The number of hydrogen-bond donors (Lipinski definition) is 1. The molecule has 0 aliphatic heterocycles. The predicted molar refractivity (Wildman–Crippen MR) is 76.1 cm³/mol. The summed E-state index contributed by atoms with van der Waals surface area (Å²) in [4.78, 5) is 5.53.